The molecule has 4 amide bonds. The topological polar surface area (TPSA) is 114 Å². The van der Waals surface area contributed by atoms with Crippen molar-refractivity contribution in [2.45, 2.75) is 51.0 Å². The van der Waals surface area contributed by atoms with Gasteiger partial charge in [0, 0.05) is 25.3 Å². The Morgan fingerprint density at radius 1 is 0.939 bits per heavy atom. The van der Waals surface area contributed by atoms with Crippen LogP contribution in [-0.4, -0.2) is 67.5 Å². The van der Waals surface area contributed by atoms with Crippen LogP contribution in [-0.2, 0) is 19.1 Å². The van der Waals surface area contributed by atoms with Crippen LogP contribution in [0.25, 0.3) is 0 Å². The van der Waals surface area contributed by atoms with Crippen LogP contribution in [0.2, 0.25) is 0 Å². The summed E-state index contributed by atoms with van der Waals surface area (Å²) in [7, 11) is 0. The standard InChI is InChI=1S/C24H31N3O6/c28-20-9-8-19(22(29)26-20)27-23(30)17-6-3-7-18(21(17)24(27)31)25-11-13-33-15-14-32-12-10-16-4-1-2-5-16/h3,6-7,16,19,25H,1-2,4-5,8-15H2,(H,26,28,29). The molecule has 33 heavy (non-hydrogen) atoms. The largest absolute Gasteiger partial charge is 0.382 e. The molecule has 178 valence electrons. The fraction of sp³-hybridized carbons (Fsp3) is 0.583. The monoisotopic (exact) mass is 457 g/mol. The van der Waals surface area contributed by atoms with Gasteiger partial charge < -0.3 is 14.8 Å². The van der Waals surface area contributed by atoms with Crippen molar-refractivity contribution in [3.63, 3.8) is 0 Å². The van der Waals surface area contributed by atoms with Crippen LogP contribution < -0.4 is 10.6 Å². The van der Waals surface area contributed by atoms with Crippen molar-refractivity contribution in [3.05, 3.63) is 29.3 Å². The smallest absolute Gasteiger partial charge is 0.264 e. The van der Waals surface area contributed by atoms with Gasteiger partial charge in [-0.1, -0.05) is 31.7 Å². The van der Waals surface area contributed by atoms with E-state index < -0.39 is 29.7 Å². The molecule has 2 fully saturated rings. The average Bonchev–Trinajstić information content (AvgIpc) is 3.40. The summed E-state index contributed by atoms with van der Waals surface area (Å²) in [4.78, 5) is 50.5. The lowest BCUT2D eigenvalue weighted by Gasteiger charge is -2.27. The fourth-order valence-electron chi connectivity index (χ4n) is 4.79. The van der Waals surface area contributed by atoms with Gasteiger partial charge >= 0.3 is 0 Å². The molecule has 0 radical (unpaired) electrons. The Kier molecular flexibility index (Phi) is 7.72. The van der Waals surface area contributed by atoms with Gasteiger partial charge in [0.15, 0.2) is 0 Å². The van der Waals surface area contributed by atoms with Crippen molar-refractivity contribution >= 4 is 29.3 Å². The Morgan fingerprint density at radius 3 is 2.45 bits per heavy atom. The molecule has 2 N–H and O–H groups in total. The SMILES string of the molecule is O=C1CCC(N2C(=O)c3cccc(NCCOCCOCCC4CCCC4)c3C2=O)C(=O)N1. The summed E-state index contributed by atoms with van der Waals surface area (Å²) in [5.41, 5.74) is 1.03. The number of benzene rings is 1. The maximum absolute atomic E-state index is 13.0. The van der Waals surface area contributed by atoms with E-state index in [1.165, 1.54) is 25.7 Å². The molecule has 9 nitrogen and oxygen atoms in total. The number of nitrogens with zero attached hydrogens (tertiary/aromatic N) is 1. The van der Waals surface area contributed by atoms with Crippen molar-refractivity contribution in [1.82, 2.24) is 10.2 Å². The van der Waals surface area contributed by atoms with E-state index in [0.29, 0.717) is 32.1 Å². The minimum absolute atomic E-state index is 0.0938. The van der Waals surface area contributed by atoms with Crippen molar-refractivity contribution in [2.24, 2.45) is 5.92 Å². The first kappa shape index (κ1) is 23.4. The lowest BCUT2D eigenvalue weighted by Crippen LogP contribution is -2.54. The number of ether oxygens (including phenoxy) is 2. The lowest BCUT2D eigenvalue weighted by atomic mass is 10.0. The van der Waals surface area contributed by atoms with Gasteiger partial charge in [-0.2, -0.15) is 0 Å². The molecule has 1 atom stereocenters. The summed E-state index contributed by atoms with van der Waals surface area (Å²) in [6.45, 7) is 2.72. The first-order chi connectivity index (χ1) is 16.1. The second-order valence-electron chi connectivity index (χ2n) is 8.77. The molecule has 1 aliphatic carbocycles. The van der Waals surface area contributed by atoms with Crippen molar-refractivity contribution in [2.75, 3.05) is 38.3 Å². The predicted molar refractivity (Wildman–Crippen MR) is 120 cm³/mol. The maximum Gasteiger partial charge on any atom is 0.264 e. The van der Waals surface area contributed by atoms with Crippen LogP contribution in [0.4, 0.5) is 5.69 Å². The van der Waals surface area contributed by atoms with Gasteiger partial charge in [-0.15, -0.1) is 0 Å². The predicted octanol–water partition coefficient (Wildman–Crippen LogP) is 2.11. The molecule has 0 bridgehead atoms. The number of fused-ring (bicyclic) bond motifs is 1. The van der Waals surface area contributed by atoms with E-state index in [9.17, 15) is 19.2 Å². The van der Waals surface area contributed by atoms with Crippen molar-refractivity contribution in [3.8, 4) is 0 Å². The van der Waals surface area contributed by atoms with Gasteiger partial charge in [-0.3, -0.25) is 29.4 Å². The number of hydrogen-bond donors (Lipinski definition) is 2. The van der Waals surface area contributed by atoms with Crippen LogP contribution >= 0.6 is 0 Å². The molecular formula is C24H31N3O6. The molecule has 2 heterocycles. The van der Waals surface area contributed by atoms with E-state index in [1.807, 2.05) is 0 Å². The fourth-order valence-corrected chi connectivity index (χ4v) is 4.79. The number of carbonyl (C=O) groups is 4. The number of amides is 4. The molecular weight excluding hydrogens is 426 g/mol. The molecule has 0 aromatic heterocycles. The summed E-state index contributed by atoms with van der Waals surface area (Å²) in [5, 5.41) is 5.36. The molecule has 3 aliphatic rings. The highest BCUT2D eigenvalue weighted by atomic mass is 16.5. The van der Waals surface area contributed by atoms with Crippen LogP contribution in [0.15, 0.2) is 18.2 Å². The third kappa shape index (κ3) is 5.42. The van der Waals surface area contributed by atoms with E-state index >= 15 is 0 Å². The molecule has 2 aliphatic heterocycles. The highest BCUT2D eigenvalue weighted by Gasteiger charge is 2.45. The number of hydrogen-bond acceptors (Lipinski definition) is 7. The third-order valence-electron chi connectivity index (χ3n) is 6.55. The third-order valence-corrected chi connectivity index (χ3v) is 6.55. The number of imide groups is 2. The van der Waals surface area contributed by atoms with Crippen LogP contribution in [0.1, 0.15) is 65.7 Å². The summed E-state index contributed by atoms with van der Waals surface area (Å²) < 4.78 is 11.2. The van der Waals surface area contributed by atoms with Crippen LogP contribution in [0.3, 0.4) is 0 Å². The molecule has 1 aromatic rings. The maximum atomic E-state index is 13.0. The van der Waals surface area contributed by atoms with Gasteiger partial charge in [0.25, 0.3) is 11.8 Å². The number of nitrogens with one attached hydrogen (secondary N) is 2. The van der Waals surface area contributed by atoms with E-state index in [1.54, 1.807) is 18.2 Å². The van der Waals surface area contributed by atoms with Crippen molar-refractivity contribution in [1.29, 1.82) is 0 Å². The number of rotatable bonds is 11. The normalized spacial score (nSPS) is 21.0. The van der Waals surface area contributed by atoms with Crippen molar-refractivity contribution < 1.29 is 28.7 Å². The molecule has 1 unspecified atom stereocenters. The zero-order chi connectivity index (χ0) is 23.2. The van der Waals surface area contributed by atoms with E-state index in [2.05, 4.69) is 10.6 Å². The Morgan fingerprint density at radius 2 is 1.70 bits per heavy atom. The minimum Gasteiger partial charge on any atom is -0.382 e. The van der Waals surface area contributed by atoms with Gasteiger partial charge in [-0.25, -0.2) is 0 Å². The van der Waals surface area contributed by atoms with Crippen LogP contribution in [0.5, 0.6) is 0 Å². The Balaban J connectivity index is 1.22. The van der Waals surface area contributed by atoms with Gasteiger partial charge in [-0.05, 0) is 30.9 Å². The first-order valence-electron chi connectivity index (χ1n) is 11.8. The quantitative estimate of drug-likeness (QED) is 0.386. The summed E-state index contributed by atoms with van der Waals surface area (Å²) in [6.07, 6.45) is 6.71. The Labute approximate surface area is 193 Å². The average molecular weight is 458 g/mol. The number of anilines is 1. The number of piperidine rings is 1. The van der Waals surface area contributed by atoms with Crippen LogP contribution in [0, 0.1) is 5.92 Å². The molecule has 4 rings (SSSR count). The minimum atomic E-state index is -0.972. The van der Waals surface area contributed by atoms with Gasteiger partial charge in [0.2, 0.25) is 11.8 Å². The van der Waals surface area contributed by atoms with E-state index in [-0.39, 0.29) is 24.0 Å². The Hall–Kier alpha value is -2.78. The second-order valence-corrected chi connectivity index (χ2v) is 8.77. The molecule has 1 saturated heterocycles. The zero-order valence-corrected chi connectivity index (χ0v) is 18.8. The molecule has 0 spiro atoms. The highest BCUT2D eigenvalue weighted by molar-refractivity contribution is 6.25. The summed E-state index contributed by atoms with van der Waals surface area (Å²) >= 11 is 0. The summed E-state index contributed by atoms with van der Waals surface area (Å²) in [5.74, 6) is -1.23. The molecule has 9 heteroatoms. The van der Waals surface area contributed by atoms with Gasteiger partial charge in [0.1, 0.15) is 6.04 Å². The summed E-state index contributed by atoms with van der Waals surface area (Å²) in [6, 6.07) is 4.02. The highest BCUT2D eigenvalue weighted by Crippen LogP contribution is 2.32. The zero-order valence-electron chi connectivity index (χ0n) is 18.8. The van der Waals surface area contributed by atoms with Gasteiger partial charge in [0.05, 0.1) is 30.9 Å². The Bertz CT molecular complexity index is 911. The second kappa shape index (κ2) is 10.9. The molecule has 1 saturated carbocycles. The first-order valence-corrected chi connectivity index (χ1v) is 11.8. The molecule has 1 aromatic carbocycles. The van der Waals surface area contributed by atoms with E-state index in [0.717, 1.165) is 23.8 Å². The van der Waals surface area contributed by atoms with E-state index in [4.69, 9.17) is 9.47 Å². The lowest BCUT2D eigenvalue weighted by molar-refractivity contribution is -0.136. The number of carbonyl (C=O) groups excluding carboxylic acids is 4.